The maximum atomic E-state index is 9.52. The molecular weight excluding hydrogens is 649 g/mol. The molecule has 4 heterocycles. The van der Waals surface area contributed by atoms with E-state index in [1.54, 1.807) is 12.3 Å². The molecule has 1 atom stereocenters. The summed E-state index contributed by atoms with van der Waals surface area (Å²) in [4.78, 5) is 14.3. The van der Waals surface area contributed by atoms with Crippen molar-refractivity contribution < 1.29 is 0 Å². The predicted molar refractivity (Wildman–Crippen MR) is 207 cm³/mol. The van der Waals surface area contributed by atoms with E-state index in [4.69, 9.17) is 9.97 Å². The molecule has 7 aromatic rings. The third kappa shape index (κ3) is 4.60. The Morgan fingerprint density at radius 1 is 0.547 bits per heavy atom. The van der Waals surface area contributed by atoms with Crippen LogP contribution in [0.3, 0.4) is 0 Å². The van der Waals surface area contributed by atoms with Crippen LogP contribution < -0.4 is 5.32 Å². The Morgan fingerprint density at radius 2 is 1.09 bits per heavy atom. The van der Waals surface area contributed by atoms with Crippen LogP contribution in [-0.4, -0.2) is 21.0 Å². The van der Waals surface area contributed by atoms with Gasteiger partial charge in [0.1, 0.15) is 17.8 Å². The van der Waals surface area contributed by atoms with E-state index in [9.17, 15) is 10.5 Å². The van der Waals surface area contributed by atoms with E-state index in [1.807, 2.05) is 60.8 Å². The molecule has 3 aliphatic rings. The molecule has 0 saturated heterocycles. The van der Waals surface area contributed by atoms with Crippen molar-refractivity contribution >= 4 is 5.57 Å². The highest BCUT2D eigenvalue weighted by Gasteiger charge is 2.51. The van der Waals surface area contributed by atoms with Crippen molar-refractivity contribution in [3.05, 3.63) is 192 Å². The molecule has 1 N–H and O–H groups in total. The summed E-state index contributed by atoms with van der Waals surface area (Å²) in [5.74, 6) is 0. The van der Waals surface area contributed by atoms with Crippen LogP contribution in [0.4, 0.5) is 0 Å². The van der Waals surface area contributed by atoms with E-state index in [1.165, 1.54) is 33.4 Å². The summed E-state index contributed by atoms with van der Waals surface area (Å²) in [6, 6.07) is 50.9. The average Bonchev–Trinajstić information content (AvgIpc) is 3.70. The van der Waals surface area contributed by atoms with Crippen LogP contribution in [-0.2, 0) is 5.41 Å². The third-order valence-electron chi connectivity index (χ3n) is 10.7. The molecule has 0 fully saturated rings. The van der Waals surface area contributed by atoms with Gasteiger partial charge in [0.05, 0.1) is 34.3 Å². The first-order chi connectivity index (χ1) is 26.1. The number of hydrogen-bond acceptors (Lipinski definition) is 6. The van der Waals surface area contributed by atoms with Crippen molar-refractivity contribution in [2.45, 2.75) is 11.5 Å². The number of dihydropyridines is 1. The van der Waals surface area contributed by atoms with Crippen LogP contribution in [0.25, 0.3) is 61.6 Å². The highest BCUT2D eigenvalue weighted by molar-refractivity contribution is 5.97. The molecule has 1 unspecified atom stereocenters. The zero-order chi connectivity index (χ0) is 35.5. The Balaban J connectivity index is 1.17. The van der Waals surface area contributed by atoms with Crippen molar-refractivity contribution in [2.75, 3.05) is 0 Å². The number of allylic oxidation sites excluding steroid dienone is 2. The van der Waals surface area contributed by atoms with Crippen LogP contribution in [0.2, 0.25) is 0 Å². The molecule has 6 heteroatoms. The summed E-state index contributed by atoms with van der Waals surface area (Å²) < 4.78 is 0. The lowest BCUT2D eigenvalue weighted by molar-refractivity contribution is 0.794. The smallest absolute Gasteiger partial charge is 0.141 e. The summed E-state index contributed by atoms with van der Waals surface area (Å²) in [7, 11) is 0. The predicted octanol–water partition coefficient (Wildman–Crippen LogP) is 9.48. The highest BCUT2D eigenvalue weighted by atomic mass is 14.9. The quantitative estimate of drug-likeness (QED) is 0.199. The minimum atomic E-state index is -0.485. The summed E-state index contributed by atoms with van der Waals surface area (Å²) in [5.41, 5.74) is 16.8. The van der Waals surface area contributed by atoms with Gasteiger partial charge in [-0.3, -0.25) is 0 Å². The maximum Gasteiger partial charge on any atom is 0.141 e. The van der Waals surface area contributed by atoms with Crippen molar-refractivity contribution in [1.82, 2.24) is 20.3 Å². The van der Waals surface area contributed by atoms with E-state index < -0.39 is 11.5 Å². The van der Waals surface area contributed by atoms with E-state index in [-0.39, 0.29) is 0 Å². The fourth-order valence-corrected chi connectivity index (χ4v) is 8.40. The molecule has 1 spiro atoms. The Morgan fingerprint density at radius 3 is 1.70 bits per heavy atom. The van der Waals surface area contributed by atoms with E-state index >= 15 is 0 Å². The zero-order valence-electron chi connectivity index (χ0n) is 28.3. The normalized spacial score (nSPS) is 15.3. The lowest BCUT2D eigenvalue weighted by Gasteiger charge is -2.30. The number of nitriles is 2. The number of fused-ring (bicyclic) bond motifs is 10. The van der Waals surface area contributed by atoms with Crippen molar-refractivity contribution in [2.24, 2.45) is 0 Å². The Labute approximate surface area is 306 Å². The van der Waals surface area contributed by atoms with Crippen LogP contribution in [0.15, 0.2) is 158 Å². The lowest BCUT2D eigenvalue weighted by atomic mass is 9.70. The van der Waals surface area contributed by atoms with Gasteiger partial charge in [0.25, 0.3) is 0 Å². The van der Waals surface area contributed by atoms with Crippen LogP contribution in [0.1, 0.15) is 33.6 Å². The number of benzene rings is 4. The molecule has 1 aliphatic heterocycles. The van der Waals surface area contributed by atoms with Crippen LogP contribution in [0, 0.1) is 22.7 Å². The highest BCUT2D eigenvalue weighted by Crippen LogP contribution is 2.63. The maximum absolute atomic E-state index is 9.52. The molecule has 0 bridgehead atoms. The first-order valence-corrected chi connectivity index (χ1v) is 17.5. The van der Waals surface area contributed by atoms with Crippen molar-refractivity contribution in [3.63, 3.8) is 0 Å². The standard InChI is InChI=1S/C47H28N6/c48-27-33-23-31(19-21-50-33)45-13-5-11-43(52-45)29-15-17-41-37(25-29)38-26-30(44-12-6-14-46(53-44)32-20-22-51-34(24-32)28-49)16-18-42(38)47(41)39-9-3-1-7-35(39)36-8-2-4-10-40(36)47/h1-26,33,50H. The molecule has 4 aromatic carbocycles. The van der Waals surface area contributed by atoms with Crippen LogP contribution >= 0.6 is 0 Å². The monoisotopic (exact) mass is 676 g/mol. The van der Waals surface area contributed by atoms with Gasteiger partial charge in [-0.2, -0.15) is 10.5 Å². The number of nitrogens with zero attached hydrogens (tertiary/aromatic N) is 5. The first-order valence-electron chi connectivity index (χ1n) is 17.5. The third-order valence-corrected chi connectivity index (χ3v) is 10.7. The lowest BCUT2D eigenvalue weighted by Crippen LogP contribution is -2.25. The minimum Gasteiger partial charge on any atom is -0.373 e. The number of hydrogen-bond donors (Lipinski definition) is 1. The van der Waals surface area contributed by atoms with E-state index in [0.29, 0.717) is 5.69 Å². The average molecular weight is 677 g/mol. The second-order valence-corrected chi connectivity index (χ2v) is 13.4. The molecule has 6 nitrogen and oxygen atoms in total. The van der Waals surface area contributed by atoms with Gasteiger partial charge in [0.15, 0.2) is 0 Å². The van der Waals surface area contributed by atoms with Gasteiger partial charge in [-0.15, -0.1) is 0 Å². The molecular formula is C47H28N6. The fraction of sp³-hybridized carbons (Fsp3) is 0.0426. The molecule has 3 aromatic heterocycles. The van der Waals surface area contributed by atoms with Gasteiger partial charge >= 0.3 is 0 Å². The number of aromatic nitrogens is 3. The second kappa shape index (κ2) is 11.8. The minimum absolute atomic E-state index is 0.359. The summed E-state index contributed by atoms with van der Waals surface area (Å²) in [6.45, 7) is 0. The first kappa shape index (κ1) is 30.4. The Kier molecular flexibility index (Phi) is 6.80. The topological polar surface area (TPSA) is 98.3 Å². The molecule has 10 rings (SSSR count). The summed E-state index contributed by atoms with van der Waals surface area (Å²) >= 11 is 0. The van der Waals surface area contributed by atoms with Gasteiger partial charge in [-0.05, 0) is 111 Å². The SMILES string of the molecule is N#Cc1cc(-c2cccc(-c3ccc4c(c3)-c3cc(-c5cccc(C6=CC(C#N)NC=C6)n5)ccc3C43c4ccccc4-c4ccccc43)n2)ccn1. The van der Waals surface area contributed by atoms with E-state index in [0.717, 1.165) is 56.2 Å². The number of rotatable bonds is 4. The van der Waals surface area contributed by atoms with Gasteiger partial charge < -0.3 is 5.32 Å². The van der Waals surface area contributed by atoms with E-state index in [2.05, 4.69) is 107 Å². The molecule has 0 saturated carbocycles. The van der Waals surface area contributed by atoms with Gasteiger partial charge in [-0.25, -0.2) is 15.0 Å². The van der Waals surface area contributed by atoms with Gasteiger partial charge in [-0.1, -0.05) is 84.9 Å². The number of nitrogens with one attached hydrogen (secondary N) is 1. The molecule has 2 aliphatic carbocycles. The molecule has 246 valence electrons. The largest absolute Gasteiger partial charge is 0.373 e. The Hall–Kier alpha value is -7.41. The summed E-state index contributed by atoms with van der Waals surface area (Å²) in [5, 5.41) is 22.0. The molecule has 53 heavy (non-hydrogen) atoms. The Bertz CT molecular complexity index is 2770. The zero-order valence-corrected chi connectivity index (χ0v) is 28.3. The van der Waals surface area contributed by atoms with Gasteiger partial charge in [0, 0.05) is 28.5 Å². The number of pyridine rings is 3. The van der Waals surface area contributed by atoms with Gasteiger partial charge in [0.2, 0.25) is 0 Å². The fourth-order valence-electron chi connectivity index (χ4n) is 8.40. The van der Waals surface area contributed by atoms with Crippen molar-refractivity contribution in [3.8, 4) is 68.2 Å². The molecule has 0 radical (unpaired) electrons. The molecule has 0 amide bonds. The van der Waals surface area contributed by atoms with Crippen molar-refractivity contribution in [1.29, 1.82) is 10.5 Å². The summed E-state index contributed by atoms with van der Waals surface area (Å²) in [6.07, 6.45) is 7.32. The van der Waals surface area contributed by atoms with Crippen LogP contribution in [0.5, 0.6) is 0 Å². The second-order valence-electron chi connectivity index (χ2n) is 13.4.